The van der Waals surface area contributed by atoms with Gasteiger partial charge in [0.1, 0.15) is 0 Å². The Hall–Kier alpha value is -2.42. The summed E-state index contributed by atoms with van der Waals surface area (Å²) in [5.74, 6) is -0.959. The standard InChI is InChI=1S/C21H26ClN3O4S/c1-13(2)23-21(27)18-9-7-16(22)11-19(18)24-20(26)12-25(5)30(28,29)17-8-6-14(3)15(4)10-17/h6-11,13H,12H2,1-5H3,(H,23,27)(H,24,26). The van der Waals surface area contributed by atoms with Gasteiger partial charge >= 0.3 is 0 Å². The van der Waals surface area contributed by atoms with Gasteiger partial charge in [0.05, 0.1) is 22.7 Å². The molecule has 0 heterocycles. The van der Waals surface area contributed by atoms with E-state index in [1.54, 1.807) is 18.2 Å². The van der Waals surface area contributed by atoms with Crippen LogP contribution < -0.4 is 10.6 Å². The van der Waals surface area contributed by atoms with E-state index in [9.17, 15) is 18.0 Å². The van der Waals surface area contributed by atoms with E-state index < -0.39 is 22.5 Å². The Morgan fingerprint density at radius 3 is 2.33 bits per heavy atom. The molecule has 0 aliphatic heterocycles. The number of carbonyl (C=O) groups is 2. The van der Waals surface area contributed by atoms with E-state index >= 15 is 0 Å². The number of hydrogen-bond acceptors (Lipinski definition) is 4. The third-order valence-corrected chi connectivity index (χ3v) is 6.51. The van der Waals surface area contributed by atoms with Crippen LogP contribution in [0.4, 0.5) is 5.69 Å². The highest BCUT2D eigenvalue weighted by molar-refractivity contribution is 7.89. The van der Waals surface area contributed by atoms with Crippen molar-refractivity contribution in [3.63, 3.8) is 0 Å². The zero-order chi connectivity index (χ0) is 22.6. The summed E-state index contributed by atoms with van der Waals surface area (Å²) < 4.78 is 26.6. The highest BCUT2D eigenvalue weighted by atomic mass is 35.5. The number of sulfonamides is 1. The van der Waals surface area contributed by atoms with E-state index in [2.05, 4.69) is 10.6 Å². The van der Waals surface area contributed by atoms with Gasteiger partial charge in [-0.25, -0.2) is 8.42 Å². The number of aryl methyl sites for hydroxylation is 2. The van der Waals surface area contributed by atoms with Crippen LogP contribution in [0.2, 0.25) is 5.02 Å². The second kappa shape index (κ2) is 9.59. The molecule has 2 aromatic rings. The summed E-state index contributed by atoms with van der Waals surface area (Å²) in [6.07, 6.45) is 0. The summed E-state index contributed by atoms with van der Waals surface area (Å²) >= 11 is 6.01. The van der Waals surface area contributed by atoms with Gasteiger partial charge in [0.25, 0.3) is 5.91 Å². The van der Waals surface area contributed by atoms with Crippen LogP contribution in [-0.2, 0) is 14.8 Å². The number of nitrogens with zero attached hydrogens (tertiary/aromatic N) is 1. The van der Waals surface area contributed by atoms with Crippen molar-refractivity contribution in [2.45, 2.75) is 38.6 Å². The Bertz CT molecular complexity index is 1070. The molecule has 0 aliphatic rings. The van der Waals surface area contributed by atoms with Crippen LogP contribution in [0.1, 0.15) is 35.3 Å². The normalized spacial score (nSPS) is 11.6. The first-order valence-electron chi connectivity index (χ1n) is 9.35. The molecule has 7 nitrogen and oxygen atoms in total. The SMILES string of the molecule is Cc1ccc(S(=O)(=O)N(C)CC(=O)Nc2cc(Cl)ccc2C(=O)NC(C)C)cc1C. The van der Waals surface area contributed by atoms with Crippen molar-refractivity contribution in [1.82, 2.24) is 9.62 Å². The Balaban J connectivity index is 2.19. The molecule has 0 unspecified atom stereocenters. The van der Waals surface area contributed by atoms with Gasteiger partial charge in [0, 0.05) is 18.1 Å². The zero-order valence-electron chi connectivity index (χ0n) is 17.6. The van der Waals surface area contributed by atoms with Crippen LogP contribution in [0.3, 0.4) is 0 Å². The minimum atomic E-state index is -3.85. The van der Waals surface area contributed by atoms with E-state index in [0.29, 0.717) is 5.02 Å². The van der Waals surface area contributed by atoms with Crippen molar-refractivity contribution in [3.8, 4) is 0 Å². The third-order valence-electron chi connectivity index (χ3n) is 4.47. The molecule has 2 N–H and O–H groups in total. The third kappa shape index (κ3) is 5.81. The van der Waals surface area contributed by atoms with Crippen LogP contribution >= 0.6 is 11.6 Å². The van der Waals surface area contributed by atoms with Crippen molar-refractivity contribution in [2.24, 2.45) is 0 Å². The van der Waals surface area contributed by atoms with Crippen LogP contribution in [0, 0.1) is 13.8 Å². The van der Waals surface area contributed by atoms with E-state index in [-0.39, 0.29) is 28.1 Å². The molecule has 0 bridgehead atoms. The summed E-state index contributed by atoms with van der Waals surface area (Å²) in [5, 5.41) is 5.67. The molecule has 0 radical (unpaired) electrons. The topological polar surface area (TPSA) is 95.6 Å². The number of likely N-dealkylation sites (N-methyl/N-ethyl adjacent to an activating group) is 1. The maximum absolute atomic E-state index is 12.8. The molecule has 0 saturated carbocycles. The predicted octanol–water partition coefficient (Wildman–Crippen LogP) is 3.35. The number of anilines is 1. The lowest BCUT2D eigenvalue weighted by Gasteiger charge is -2.18. The first kappa shape index (κ1) is 23.9. The van der Waals surface area contributed by atoms with Crippen molar-refractivity contribution in [1.29, 1.82) is 0 Å². The van der Waals surface area contributed by atoms with E-state index in [1.807, 2.05) is 27.7 Å². The van der Waals surface area contributed by atoms with Crippen molar-refractivity contribution in [2.75, 3.05) is 18.9 Å². The summed E-state index contributed by atoms with van der Waals surface area (Å²) in [6, 6.07) is 9.22. The molecule has 0 aliphatic carbocycles. The van der Waals surface area contributed by atoms with Gasteiger partial charge in [-0.2, -0.15) is 4.31 Å². The fourth-order valence-corrected chi connectivity index (χ4v) is 4.07. The summed E-state index contributed by atoms with van der Waals surface area (Å²) in [6.45, 7) is 6.93. The van der Waals surface area contributed by atoms with Crippen LogP contribution in [-0.4, -0.2) is 44.2 Å². The van der Waals surface area contributed by atoms with Crippen molar-refractivity contribution >= 4 is 39.1 Å². The summed E-state index contributed by atoms with van der Waals surface area (Å²) in [4.78, 5) is 25.0. The quantitative estimate of drug-likeness (QED) is 0.674. The van der Waals surface area contributed by atoms with Gasteiger partial charge in [-0.05, 0) is 69.2 Å². The molecule has 9 heteroatoms. The summed E-state index contributed by atoms with van der Waals surface area (Å²) in [7, 11) is -2.52. The Kier molecular flexibility index (Phi) is 7.63. The van der Waals surface area contributed by atoms with Crippen LogP contribution in [0.5, 0.6) is 0 Å². The number of hydrogen-bond donors (Lipinski definition) is 2. The van der Waals surface area contributed by atoms with E-state index in [1.165, 1.54) is 25.2 Å². The number of carbonyl (C=O) groups excluding carboxylic acids is 2. The average molecular weight is 452 g/mol. The van der Waals surface area contributed by atoms with E-state index in [0.717, 1.165) is 15.4 Å². The molecule has 30 heavy (non-hydrogen) atoms. The largest absolute Gasteiger partial charge is 0.350 e. The monoisotopic (exact) mass is 451 g/mol. The molecule has 162 valence electrons. The van der Waals surface area contributed by atoms with Crippen molar-refractivity contribution in [3.05, 3.63) is 58.1 Å². The molecule has 2 rings (SSSR count). The number of nitrogens with one attached hydrogen (secondary N) is 2. The molecule has 0 atom stereocenters. The predicted molar refractivity (Wildman–Crippen MR) is 118 cm³/mol. The smallest absolute Gasteiger partial charge is 0.253 e. The minimum Gasteiger partial charge on any atom is -0.350 e. The number of amides is 2. The van der Waals surface area contributed by atoms with Gasteiger partial charge in [-0.3, -0.25) is 9.59 Å². The average Bonchev–Trinajstić information content (AvgIpc) is 2.63. The second-order valence-electron chi connectivity index (χ2n) is 7.37. The van der Waals surface area contributed by atoms with Gasteiger partial charge in [0.2, 0.25) is 15.9 Å². The Labute approximate surface area is 182 Å². The van der Waals surface area contributed by atoms with Crippen molar-refractivity contribution < 1.29 is 18.0 Å². The van der Waals surface area contributed by atoms with Gasteiger partial charge in [0.15, 0.2) is 0 Å². The van der Waals surface area contributed by atoms with E-state index in [4.69, 9.17) is 11.6 Å². The Morgan fingerprint density at radius 1 is 1.07 bits per heavy atom. The second-order valence-corrected chi connectivity index (χ2v) is 9.85. The maximum atomic E-state index is 12.8. The zero-order valence-corrected chi connectivity index (χ0v) is 19.2. The fourth-order valence-electron chi connectivity index (χ4n) is 2.69. The molecule has 0 fully saturated rings. The number of benzene rings is 2. The lowest BCUT2D eigenvalue weighted by Crippen LogP contribution is -2.36. The number of rotatable bonds is 7. The lowest BCUT2D eigenvalue weighted by atomic mass is 10.1. The van der Waals surface area contributed by atoms with Crippen LogP contribution in [0.15, 0.2) is 41.3 Å². The fraction of sp³-hybridized carbons (Fsp3) is 0.333. The number of halogens is 1. The molecule has 2 aromatic carbocycles. The van der Waals surface area contributed by atoms with Crippen LogP contribution in [0.25, 0.3) is 0 Å². The first-order chi connectivity index (χ1) is 13.9. The molecule has 0 aromatic heterocycles. The lowest BCUT2D eigenvalue weighted by molar-refractivity contribution is -0.116. The highest BCUT2D eigenvalue weighted by Gasteiger charge is 2.24. The molecule has 0 saturated heterocycles. The molecule has 0 spiro atoms. The first-order valence-corrected chi connectivity index (χ1v) is 11.2. The Morgan fingerprint density at radius 2 is 1.73 bits per heavy atom. The molecular formula is C21H26ClN3O4S. The maximum Gasteiger partial charge on any atom is 0.253 e. The molecule has 2 amide bonds. The van der Waals surface area contributed by atoms with Gasteiger partial charge in [-0.15, -0.1) is 0 Å². The van der Waals surface area contributed by atoms with Gasteiger partial charge < -0.3 is 10.6 Å². The van der Waals surface area contributed by atoms with Gasteiger partial charge in [-0.1, -0.05) is 17.7 Å². The molecular weight excluding hydrogens is 426 g/mol. The highest BCUT2D eigenvalue weighted by Crippen LogP contribution is 2.22. The summed E-state index contributed by atoms with van der Waals surface area (Å²) in [5.41, 5.74) is 2.26. The minimum absolute atomic E-state index is 0.0917.